The fourth-order valence-corrected chi connectivity index (χ4v) is 3.03. The molecule has 0 aromatic rings. The van der Waals surface area contributed by atoms with Crippen LogP contribution in [0.2, 0.25) is 0 Å². The van der Waals surface area contributed by atoms with E-state index in [0.29, 0.717) is 50.6 Å². The number of nitrogens with one attached hydrogen (secondary N) is 2. The van der Waals surface area contributed by atoms with Gasteiger partial charge >= 0.3 is 0 Å². The second kappa shape index (κ2) is 10.9. The minimum atomic E-state index is -0.604. The highest BCUT2D eigenvalue weighted by Crippen LogP contribution is 2.26. The Morgan fingerprint density at radius 1 is 1.33 bits per heavy atom. The molecule has 152 valence electrons. The van der Waals surface area contributed by atoms with Gasteiger partial charge in [-0.05, 0) is 25.5 Å². The van der Waals surface area contributed by atoms with E-state index in [1.54, 1.807) is 6.92 Å². The second-order valence-corrected chi connectivity index (χ2v) is 7.26. The summed E-state index contributed by atoms with van der Waals surface area (Å²) in [5.41, 5.74) is 1.32. The molecule has 8 heteroatoms. The molecule has 0 radical (unpaired) electrons. The van der Waals surface area contributed by atoms with Crippen LogP contribution in [0.4, 0.5) is 4.39 Å². The van der Waals surface area contributed by atoms with Gasteiger partial charge in [-0.1, -0.05) is 23.8 Å². The standard InChI is InChI=1S/C19H28ClFN2O4/c1-12(2)15(8-16(21)13(3)20)18-14(9-22-4-5-27-18)10-23-19(24)17-11-25-6-7-26-17/h8,14,17-18,22H,1,4-7,9-11H2,2-3H3,(H,23,24). The van der Waals surface area contributed by atoms with Crippen molar-refractivity contribution in [2.75, 3.05) is 46.1 Å². The Balaban J connectivity index is 2.12. The van der Waals surface area contributed by atoms with E-state index < -0.39 is 18.0 Å². The van der Waals surface area contributed by atoms with Crippen molar-refractivity contribution < 1.29 is 23.4 Å². The third kappa shape index (κ3) is 6.69. The van der Waals surface area contributed by atoms with Crippen LogP contribution in [0.15, 0.2) is 34.7 Å². The van der Waals surface area contributed by atoms with E-state index in [9.17, 15) is 9.18 Å². The summed E-state index contributed by atoms with van der Waals surface area (Å²) in [6, 6.07) is 0. The molecule has 0 saturated carbocycles. The van der Waals surface area contributed by atoms with Crippen LogP contribution in [0.25, 0.3) is 0 Å². The molecule has 2 aliphatic heterocycles. The van der Waals surface area contributed by atoms with Crippen molar-refractivity contribution >= 4 is 17.5 Å². The van der Waals surface area contributed by atoms with Crippen molar-refractivity contribution in [1.82, 2.24) is 10.6 Å². The predicted octanol–water partition coefficient (Wildman–Crippen LogP) is 2.06. The van der Waals surface area contributed by atoms with Gasteiger partial charge in [-0.25, -0.2) is 4.39 Å². The average Bonchev–Trinajstić information content (AvgIpc) is 2.89. The van der Waals surface area contributed by atoms with Crippen molar-refractivity contribution in [3.63, 3.8) is 0 Å². The summed E-state index contributed by atoms with van der Waals surface area (Å²) in [5.74, 6) is -0.848. The van der Waals surface area contributed by atoms with Gasteiger partial charge in [0.15, 0.2) is 6.10 Å². The molecular weight excluding hydrogens is 375 g/mol. The third-order valence-electron chi connectivity index (χ3n) is 4.47. The monoisotopic (exact) mass is 402 g/mol. The number of halogens is 2. The van der Waals surface area contributed by atoms with Gasteiger partial charge in [-0.2, -0.15) is 0 Å². The van der Waals surface area contributed by atoms with Crippen LogP contribution in [-0.2, 0) is 19.0 Å². The van der Waals surface area contributed by atoms with Crippen molar-refractivity contribution in [3.8, 4) is 0 Å². The molecule has 0 aromatic carbocycles. The Kier molecular flexibility index (Phi) is 8.92. The van der Waals surface area contributed by atoms with Crippen LogP contribution >= 0.6 is 11.6 Å². The summed E-state index contributed by atoms with van der Waals surface area (Å²) in [6.45, 7) is 10.5. The predicted molar refractivity (Wildman–Crippen MR) is 102 cm³/mol. The first-order valence-corrected chi connectivity index (χ1v) is 9.46. The zero-order valence-corrected chi connectivity index (χ0v) is 16.6. The van der Waals surface area contributed by atoms with Crippen LogP contribution < -0.4 is 10.6 Å². The molecule has 3 unspecified atom stereocenters. The van der Waals surface area contributed by atoms with Crippen molar-refractivity contribution in [1.29, 1.82) is 0 Å². The summed E-state index contributed by atoms with van der Waals surface area (Å²) in [6.07, 6.45) is 0.350. The summed E-state index contributed by atoms with van der Waals surface area (Å²) in [7, 11) is 0. The zero-order chi connectivity index (χ0) is 19.8. The summed E-state index contributed by atoms with van der Waals surface area (Å²) >= 11 is 5.77. The lowest BCUT2D eigenvalue weighted by molar-refractivity contribution is -0.147. The molecule has 2 N–H and O–H groups in total. The molecule has 2 rings (SSSR count). The van der Waals surface area contributed by atoms with Crippen molar-refractivity contribution in [2.24, 2.45) is 5.92 Å². The minimum Gasteiger partial charge on any atom is -0.376 e. The fraction of sp³-hybridized carbons (Fsp3) is 0.632. The largest absolute Gasteiger partial charge is 0.376 e. The molecule has 27 heavy (non-hydrogen) atoms. The maximum Gasteiger partial charge on any atom is 0.251 e. The Hall–Kier alpha value is -1.25. The van der Waals surface area contributed by atoms with Gasteiger partial charge in [0.1, 0.15) is 5.83 Å². The number of hydrogen-bond donors (Lipinski definition) is 2. The van der Waals surface area contributed by atoms with Crippen LogP contribution in [0.1, 0.15) is 13.8 Å². The first kappa shape index (κ1) is 22.0. The lowest BCUT2D eigenvalue weighted by Gasteiger charge is -2.29. The van der Waals surface area contributed by atoms with Crippen LogP contribution in [0.5, 0.6) is 0 Å². The highest BCUT2D eigenvalue weighted by Gasteiger charge is 2.30. The van der Waals surface area contributed by atoms with Crippen LogP contribution in [-0.4, -0.2) is 64.2 Å². The summed E-state index contributed by atoms with van der Waals surface area (Å²) < 4.78 is 30.8. The molecule has 2 aliphatic rings. The molecule has 2 fully saturated rings. The number of rotatable bonds is 6. The van der Waals surface area contributed by atoms with E-state index in [1.165, 1.54) is 13.0 Å². The lowest BCUT2D eigenvalue weighted by Crippen LogP contribution is -2.47. The van der Waals surface area contributed by atoms with Crippen LogP contribution in [0, 0.1) is 5.92 Å². The quantitative estimate of drug-likeness (QED) is 0.666. The number of carbonyl (C=O) groups excluding carboxylic acids is 1. The van der Waals surface area contributed by atoms with Crippen molar-refractivity contribution in [2.45, 2.75) is 26.1 Å². The van der Waals surface area contributed by atoms with Gasteiger partial charge in [0.2, 0.25) is 0 Å². The molecule has 2 saturated heterocycles. The van der Waals surface area contributed by atoms with Gasteiger partial charge in [-0.3, -0.25) is 4.79 Å². The zero-order valence-electron chi connectivity index (χ0n) is 15.9. The van der Waals surface area contributed by atoms with E-state index in [-0.39, 0.29) is 23.5 Å². The summed E-state index contributed by atoms with van der Waals surface area (Å²) in [4.78, 5) is 12.3. The molecule has 0 spiro atoms. The lowest BCUT2D eigenvalue weighted by atomic mass is 9.91. The van der Waals surface area contributed by atoms with Crippen LogP contribution in [0.3, 0.4) is 0 Å². The number of ether oxygens (including phenoxy) is 3. The van der Waals surface area contributed by atoms with E-state index in [0.717, 1.165) is 0 Å². The number of amides is 1. The first-order chi connectivity index (χ1) is 12.9. The number of hydrogen-bond acceptors (Lipinski definition) is 5. The molecule has 6 nitrogen and oxygen atoms in total. The van der Waals surface area contributed by atoms with Crippen molar-refractivity contribution in [3.05, 3.63) is 34.7 Å². The third-order valence-corrected chi connectivity index (χ3v) is 4.65. The highest BCUT2D eigenvalue weighted by molar-refractivity contribution is 6.29. The van der Waals surface area contributed by atoms with E-state index in [2.05, 4.69) is 17.2 Å². The molecule has 2 heterocycles. The Bertz CT molecular complexity index is 599. The molecule has 0 aromatic heterocycles. The van der Waals surface area contributed by atoms with Gasteiger partial charge in [-0.15, -0.1) is 0 Å². The fourth-order valence-electron chi connectivity index (χ4n) is 2.98. The Morgan fingerprint density at radius 3 is 2.74 bits per heavy atom. The first-order valence-electron chi connectivity index (χ1n) is 9.09. The molecular formula is C19H28ClFN2O4. The Labute approximate surface area is 164 Å². The smallest absolute Gasteiger partial charge is 0.251 e. The highest BCUT2D eigenvalue weighted by atomic mass is 35.5. The SMILES string of the molecule is C=C(C)C(=CC(F)=C(C)Cl)C1OCCNCC1CNC(=O)C1COCCO1. The maximum absolute atomic E-state index is 14.1. The van der Waals surface area contributed by atoms with Gasteiger partial charge in [0.25, 0.3) is 5.91 Å². The second-order valence-electron chi connectivity index (χ2n) is 6.70. The Morgan fingerprint density at radius 2 is 2.11 bits per heavy atom. The maximum atomic E-state index is 14.1. The molecule has 0 bridgehead atoms. The van der Waals surface area contributed by atoms with Gasteiger partial charge < -0.3 is 24.8 Å². The van der Waals surface area contributed by atoms with E-state index >= 15 is 0 Å². The molecule has 3 atom stereocenters. The van der Waals surface area contributed by atoms with Gasteiger partial charge in [0, 0.05) is 25.6 Å². The number of carbonyl (C=O) groups is 1. The molecule has 1 amide bonds. The average molecular weight is 403 g/mol. The normalized spacial score (nSPS) is 28.1. The van der Waals surface area contributed by atoms with E-state index in [1.807, 2.05) is 0 Å². The number of allylic oxidation sites excluding steroid dienone is 3. The topological polar surface area (TPSA) is 68.8 Å². The molecule has 0 aliphatic carbocycles. The summed E-state index contributed by atoms with van der Waals surface area (Å²) in [5, 5.41) is 6.25. The van der Waals surface area contributed by atoms with E-state index in [4.69, 9.17) is 25.8 Å². The minimum absolute atomic E-state index is 0.0693. The van der Waals surface area contributed by atoms with Gasteiger partial charge in [0.05, 0.1) is 37.6 Å².